The number of anilines is 1. The van der Waals surface area contributed by atoms with Gasteiger partial charge in [-0.05, 0) is 43.0 Å². The third-order valence-electron chi connectivity index (χ3n) is 3.21. The minimum absolute atomic E-state index is 0.0854. The lowest BCUT2D eigenvalue weighted by molar-refractivity contribution is 0.217. The summed E-state index contributed by atoms with van der Waals surface area (Å²) in [6.07, 6.45) is 1.74. The SMILES string of the molecule is O=C(Nc1ccc(Cl)cc1)N1CCC(CCO)C1. The number of halogens is 1. The van der Waals surface area contributed by atoms with Crippen LogP contribution in [0.15, 0.2) is 24.3 Å². The van der Waals surface area contributed by atoms with E-state index in [1.54, 1.807) is 29.2 Å². The van der Waals surface area contributed by atoms with E-state index in [0.29, 0.717) is 10.9 Å². The zero-order valence-electron chi connectivity index (χ0n) is 10.1. The first kappa shape index (κ1) is 13.2. The summed E-state index contributed by atoms with van der Waals surface area (Å²) in [5, 5.41) is 12.4. The van der Waals surface area contributed by atoms with Gasteiger partial charge >= 0.3 is 6.03 Å². The number of benzene rings is 1. The van der Waals surface area contributed by atoms with E-state index in [0.717, 1.165) is 31.6 Å². The number of likely N-dealkylation sites (tertiary alicyclic amines) is 1. The average Bonchev–Trinajstić information content (AvgIpc) is 2.81. The summed E-state index contributed by atoms with van der Waals surface area (Å²) in [7, 11) is 0. The summed E-state index contributed by atoms with van der Waals surface area (Å²) in [6.45, 7) is 1.67. The Morgan fingerprint density at radius 1 is 1.44 bits per heavy atom. The summed E-state index contributed by atoms with van der Waals surface area (Å²) >= 11 is 5.78. The number of amides is 2. The molecule has 0 spiro atoms. The van der Waals surface area contributed by atoms with Gasteiger partial charge in [0.15, 0.2) is 0 Å². The van der Waals surface area contributed by atoms with Crippen molar-refractivity contribution in [2.75, 3.05) is 25.0 Å². The van der Waals surface area contributed by atoms with E-state index in [1.807, 2.05) is 0 Å². The predicted octanol–water partition coefficient (Wildman–Crippen LogP) is 2.58. The molecular weight excluding hydrogens is 252 g/mol. The molecule has 5 heteroatoms. The zero-order valence-corrected chi connectivity index (χ0v) is 10.9. The molecule has 1 aromatic rings. The number of hydrogen-bond acceptors (Lipinski definition) is 2. The quantitative estimate of drug-likeness (QED) is 0.885. The van der Waals surface area contributed by atoms with Crippen molar-refractivity contribution in [3.63, 3.8) is 0 Å². The van der Waals surface area contributed by atoms with Crippen molar-refractivity contribution in [3.8, 4) is 0 Å². The van der Waals surface area contributed by atoms with Gasteiger partial charge in [0.05, 0.1) is 0 Å². The fraction of sp³-hybridized carbons (Fsp3) is 0.462. The van der Waals surface area contributed by atoms with Gasteiger partial charge in [-0.2, -0.15) is 0 Å². The van der Waals surface area contributed by atoms with Crippen molar-refractivity contribution in [2.24, 2.45) is 5.92 Å². The molecule has 1 aliphatic rings. The smallest absolute Gasteiger partial charge is 0.321 e. The Balaban J connectivity index is 1.87. The van der Waals surface area contributed by atoms with Crippen LogP contribution in [-0.2, 0) is 0 Å². The van der Waals surface area contributed by atoms with Gasteiger partial charge in [0.25, 0.3) is 0 Å². The second-order valence-corrected chi connectivity index (χ2v) is 4.99. The minimum atomic E-state index is -0.0854. The van der Waals surface area contributed by atoms with Crippen LogP contribution in [-0.4, -0.2) is 35.7 Å². The van der Waals surface area contributed by atoms with Crippen LogP contribution in [0.5, 0.6) is 0 Å². The highest BCUT2D eigenvalue weighted by molar-refractivity contribution is 6.30. The van der Waals surface area contributed by atoms with Crippen molar-refractivity contribution in [1.29, 1.82) is 0 Å². The third-order valence-corrected chi connectivity index (χ3v) is 3.46. The molecule has 0 radical (unpaired) electrons. The molecule has 2 N–H and O–H groups in total. The normalized spacial score (nSPS) is 19.0. The third kappa shape index (κ3) is 3.37. The second-order valence-electron chi connectivity index (χ2n) is 4.55. The Labute approximate surface area is 112 Å². The van der Waals surface area contributed by atoms with Gasteiger partial charge < -0.3 is 15.3 Å². The fourth-order valence-corrected chi connectivity index (χ4v) is 2.30. The number of carbonyl (C=O) groups is 1. The molecule has 1 saturated heterocycles. The second kappa shape index (κ2) is 6.07. The molecule has 0 saturated carbocycles. The van der Waals surface area contributed by atoms with Crippen molar-refractivity contribution >= 4 is 23.3 Å². The molecule has 1 aliphatic heterocycles. The summed E-state index contributed by atoms with van der Waals surface area (Å²) in [5.74, 6) is 0.422. The number of aliphatic hydroxyl groups excluding tert-OH is 1. The van der Waals surface area contributed by atoms with E-state index >= 15 is 0 Å². The molecule has 2 rings (SSSR count). The summed E-state index contributed by atoms with van der Waals surface area (Å²) in [6, 6.07) is 6.96. The van der Waals surface area contributed by atoms with Gasteiger partial charge in [-0.1, -0.05) is 11.6 Å². The van der Waals surface area contributed by atoms with Crippen LogP contribution in [0.2, 0.25) is 5.02 Å². The largest absolute Gasteiger partial charge is 0.396 e. The van der Waals surface area contributed by atoms with Gasteiger partial charge in [-0.15, -0.1) is 0 Å². The van der Waals surface area contributed by atoms with Crippen molar-refractivity contribution in [1.82, 2.24) is 4.90 Å². The molecule has 1 unspecified atom stereocenters. The first-order valence-electron chi connectivity index (χ1n) is 6.11. The van der Waals surface area contributed by atoms with E-state index < -0.39 is 0 Å². The molecule has 2 amide bonds. The van der Waals surface area contributed by atoms with Crippen LogP contribution in [0.1, 0.15) is 12.8 Å². The molecule has 1 fully saturated rings. The topological polar surface area (TPSA) is 52.6 Å². The van der Waals surface area contributed by atoms with Crippen LogP contribution in [0.3, 0.4) is 0 Å². The van der Waals surface area contributed by atoms with Gasteiger partial charge in [0.1, 0.15) is 0 Å². The number of rotatable bonds is 3. The van der Waals surface area contributed by atoms with Crippen LogP contribution in [0.4, 0.5) is 10.5 Å². The van der Waals surface area contributed by atoms with Crippen molar-refractivity contribution in [2.45, 2.75) is 12.8 Å². The maximum atomic E-state index is 12.0. The van der Waals surface area contributed by atoms with E-state index in [9.17, 15) is 4.79 Å². The molecule has 0 aromatic heterocycles. The molecular formula is C13H17ClN2O2. The fourth-order valence-electron chi connectivity index (χ4n) is 2.17. The Hall–Kier alpha value is -1.26. The van der Waals surface area contributed by atoms with Crippen LogP contribution >= 0.6 is 11.6 Å². The average molecular weight is 269 g/mol. The van der Waals surface area contributed by atoms with Crippen molar-refractivity contribution < 1.29 is 9.90 Å². The molecule has 18 heavy (non-hydrogen) atoms. The molecule has 1 atom stereocenters. The maximum absolute atomic E-state index is 12.0. The Morgan fingerprint density at radius 3 is 2.83 bits per heavy atom. The summed E-state index contributed by atoms with van der Waals surface area (Å²) < 4.78 is 0. The first-order valence-corrected chi connectivity index (χ1v) is 6.49. The van der Waals surface area contributed by atoms with Gasteiger partial charge in [0.2, 0.25) is 0 Å². The van der Waals surface area contributed by atoms with E-state index in [1.165, 1.54) is 0 Å². The molecule has 1 heterocycles. The highest BCUT2D eigenvalue weighted by Gasteiger charge is 2.25. The Bertz CT molecular complexity index is 408. The predicted molar refractivity (Wildman–Crippen MR) is 71.9 cm³/mol. The zero-order chi connectivity index (χ0) is 13.0. The summed E-state index contributed by atoms with van der Waals surface area (Å²) in [4.78, 5) is 13.8. The van der Waals surface area contributed by atoms with Gasteiger partial charge in [-0.3, -0.25) is 0 Å². The molecule has 98 valence electrons. The highest BCUT2D eigenvalue weighted by Crippen LogP contribution is 2.20. The number of aliphatic hydroxyl groups is 1. The van der Waals surface area contributed by atoms with Crippen molar-refractivity contribution in [3.05, 3.63) is 29.3 Å². The van der Waals surface area contributed by atoms with Crippen LogP contribution < -0.4 is 5.32 Å². The standard InChI is InChI=1S/C13H17ClN2O2/c14-11-1-3-12(4-2-11)15-13(18)16-7-5-10(9-16)6-8-17/h1-4,10,17H,5-9H2,(H,15,18). The Kier molecular flexibility index (Phi) is 4.44. The van der Waals surface area contributed by atoms with Gasteiger partial charge in [0, 0.05) is 30.4 Å². The first-order chi connectivity index (χ1) is 8.69. The van der Waals surface area contributed by atoms with E-state index in [-0.39, 0.29) is 12.6 Å². The van der Waals surface area contributed by atoms with Crippen LogP contribution in [0.25, 0.3) is 0 Å². The molecule has 1 aromatic carbocycles. The highest BCUT2D eigenvalue weighted by atomic mass is 35.5. The number of urea groups is 1. The number of nitrogens with one attached hydrogen (secondary N) is 1. The lowest BCUT2D eigenvalue weighted by atomic mass is 10.1. The molecule has 4 nitrogen and oxygen atoms in total. The monoisotopic (exact) mass is 268 g/mol. The number of carbonyl (C=O) groups excluding carboxylic acids is 1. The van der Waals surface area contributed by atoms with Crippen LogP contribution in [0, 0.1) is 5.92 Å². The van der Waals surface area contributed by atoms with Gasteiger partial charge in [-0.25, -0.2) is 4.79 Å². The molecule has 0 bridgehead atoms. The summed E-state index contributed by atoms with van der Waals surface area (Å²) in [5.41, 5.74) is 0.745. The molecule has 0 aliphatic carbocycles. The minimum Gasteiger partial charge on any atom is -0.396 e. The maximum Gasteiger partial charge on any atom is 0.321 e. The lowest BCUT2D eigenvalue weighted by Gasteiger charge is -2.17. The van der Waals surface area contributed by atoms with E-state index in [2.05, 4.69) is 5.32 Å². The lowest BCUT2D eigenvalue weighted by Crippen LogP contribution is -2.33. The van der Waals surface area contributed by atoms with E-state index in [4.69, 9.17) is 16.7 Å². The number of nitrogens with zero attached hydrogens (tertiary/aromatic N) is 1. The number of hydrogen-bond donors (Lipinski definition) is 2. The Morgan fingerprint density at radius 2 is 2.17 bits per heavy atom.